The van der Waals surface area contributed by atoms with Crippen LogP contribution < -0.4 is 10.1 Å². The van der Waals surface area contributed by atoms with E-state index >= 15 is 0 Å². The zero-order valence-electron chi connectivity index (χ0n) is 13.5. The van der Waals surface area contributed by atoms with E-state index in [4.69, 9.17) is 4.74 Å². The Bertz CT molecular complexity index is 465. The van der Waals surface area contributed by atoms with Crippen LogP contribution in [0.15, 0.2) is 18.2 Å². The summed E-state index contributed by atoms with van der Waals surface area (Å²) in [7, 11) is 1.76. The van der Waals surface area contributed by atoms with Crippen LogP contribution in [0, 0.1) is 5.92 Å². The SMILES string of the molecule is COc1ccc2c(c1)CC(NC(C)C1CCCCC1)CC2. The lowest BCUT2D eigenvalue weighted by Crippen LogP contribution is -2.44. The Kier molecular flexibility index (Phi) is 4.84. The highest BCUT2D eigenvalue weighted by molar-refractivity contribution is 5.37. The number of methoxy groups -OCH3 is 1. The first kappa shape index (κ1) is 14.9. The van der Waals surface area contributed by atoms with E-state index in [0.717, 1.165) is 18.1 Å². The van der Waals surface area contributed by atoms with E-state index in [-0.39, 0.29) is 0 Å². The van der Waals surface area contributed by atoms with E-state index in [1.54, 1.807) is 7.11 Å². The van der Waals surface area contributed by atoms with Crippen molar-refractivity contribution in [2.24, 2.45) is 5.92 Å². The van der Waals surface area contributed by atoms with Crippen LogP contribution in [-0.4, -0.2) is 19.2 Å². The second kappa shape index (κ2) is 6.83. The largest absolute Gasteiger partial charge is 0.497 e. The lowest BCUT2D eigenvalue weighted by atomic mass is 9.83. The number of fused-ring (bicyclic) bond motifs is 1. The molecule has 3 rings (SSSR count). The van der Waals surface area contributed by atoms with Crippen molar-refractivity contribution in [2.75, 3.05) is 7.11 Å². The fourth-order valence-corrected chi connectivity index (χ4v) is 4.14. The molecule has 2 heteroatoms. The molecule has 2 aliphatic rings. The van der Waals surface area contributed by atoms with Gasteiger partial charge >= 0.3 is 0 Å². The summed E-state index contributed by atoms with van der Waals surface area (Å²) in [5, 5.41) is 3.93. The van der Waals surface area contributed by atoms with E-state index in [9.17, 15) is 0 Å². The summed E-state index contributed by atoms with van der Waals surface area (Å²) >= 11 is 0. The highest BCUT2D eigenvalue weighted by atomic mass is 16.5. The van der Waals surface area contributed by atoms with Gasteiger partial charge in [0.1, 0.15) is 5.75 Å². The van der Waals surface area contributed by atoms with Gasteiger partial charge in [0.2, 0.25) is 0 Å². The molecule has 0 aromatic heterocycles. The minimum Gasteiger partial charge on any atom is -0.497 e. The number of hydrogen-bond donors (Lipinski definition) is 1. The first-order chi connectivity index (χ1) is 10.3. The molecule has 2 unspecified atom stereocenters. The van der Waals surface area contributed by atoms with Crippen molar-refractivity contribution in [3.8, 4) is 5.75 Å². The maximum absolute atomic E-state index is 5.37. The van der Waals surface area contributed by atoms with Crippen LogP contribution in [-0.2, 0) is 12.8 Å². The van der Waals surface area contributed by atoms with Crippen molar-refractivity contribution in [3.63, 3.8) is 0 Å². The molecule has 0 amide bonds. The summed E-state index contributed by atoms with van der Waals surface area (Å²) in [5.74, 6) is 1.89. The number of ether oxygens (including phenoxy) is 1. The van der Waals surface area contributed by atoms with E-state index in [1.807, 2.05) is 0 Å². The number of benzene rings is 1. The predicted molar refractivity (Wildman–Crippen MR) is 88.0 cm³/mol. The van der Waals surface area contributed by atoms with E-state index < -0.39 is 0 Å². The molecule has 1 fully saturated rings. The van der Waals surface area contributed by atoms with E-state index in [1.165, 1.54) is 56.1 Å². The second-order valence-corrected chi connectivity index (χ2v) is 6.93. The minimum atomic E-state index is 0.640. The van der Waals surface area contributed by atoms with Gasteiger partial charge < -0.3 is 10.1 Å². The van der Waals surface area contributed by atoms with Gasteiger partial charge in [-0.2, -0.15) is 0 Å². The summed E-state index contributed by atoms with van der Waals surface area (Å²) < 4.78 is 5.37. The molecule has 0 saturated heterocycles. The maximum Gasteiger partial charge on any atom is 0.119 e. The molecule has 0 aliphatic heterocycles. The molecule has 1 aromatic rings. The molecule has 1 N–H and O–H groups in total. The Morgan fingerprint density at radius 1 is 1.10 bits per heavy atom. The van der Waals surface area contributed by atoms with Crippen LogP contribution in [0.1, 0.15) is 56.6 Å². The molecule has 2 nitrogen and oxygen atoms in total. The van der Waals surface area contributed by atoms with Crippen LogP contribution in [0.25, 0.3) is 0 Å². The number of hydrogen-bond acceptors (Lipinski definition) is 2. The molecule has 21 heavy (non-hydrogen) atoms. The first-order valence-corrected chi connectivity index (χ1v) is 8.68. The zero-order chi connectivity index (χ0) is 14.7. The Hall–Kier alpha value is -1.02. The monoisotopic (exact) mass is 287 g/mol. The third-order valence-electron chi connectivity index (χ3n) is 5.50. The standard InChI is InChI=1S/C19H29NO/c1-14(15-6-4-3-5-7-15)20-18-10-8-16-9-11-19(21-2)13-17(16)12-18/h9,11,13-15,18,20H,3-8,10,12H2,1-2H3. The van der Waals surface area contributed by atoms with Gasteiger partial charge in [-0.1, -0.05) is 25.3 Å². The predicted octanol–water partition coefficient (Wildman–Crippen LogP) is 4.11. The van der Waals surface area contributed by atoms with Gasteiger partial charge in [-0.05, 0) is 68.2 Å². The lowest BCUT2D eigenvalue weighted by Gasteiger charge is -2.34. The summed E-state index contributed by atoms with van der Waals surface area (Å²) in [4.78, 5) is 0. The van der Waals surface area contributed by atoms with Gasteiger partial charge in [0.15, 0.2) is 0 Å². The Morgan fingerprint density at radius 2 is 1.90 bits per heavy atom. The van der Waals surface area contributed by atoms with Crippen molar-refractivity contribution in [3.05, 3.63) is 29.3 Å². The minimum absolute atomic E-state index is 0.640. The van der Waals surface area contributed by atoms with Gasteiger partial charge in [0.25, 0.3) is 0 Å². The van der Waals surface area contributed by atoms with Gasteiger partial charge in [0, 0.05) is 12.1 Å². The number of aryl methyl sites for hydroxylation is 1. The summed E-state index contributed by atoms with van der Waals surface area (Å²) in [6.07, 6.45) is 10.8. The van der Waals surface area contributed by atoms with Crippen molar-refractivity contribution in [1.82, 2.24) is 5.32 Å². The van der Waals surface area contributed by atoms with Crippen LogP contribution in [0.5, 0.6) is 5.75 Å². The van der Waals surface area contributed by atoms with Crippen molar-refractivity contribution in [2.45, 2.75) is 70.4 Å². The molecule has 0 bridgehead atoms. The third kappa shape index (κ3) is 3.60. The Balaban J connectivity index is 1.60. The van der Waals surface area contributed by atoms with Crippen LogP contribution in [0.2, 0.25) is 0 Å². The zero-order valence-corrected chi connectivity index (χ0v) is 13.5. The molecule has 116 valence electrons. The highest BCUT2D eigenvalue weighted by Gasteiger charge is 2.25. The molecule has 0 spiro atoms. The number of rotatable bonds is 4. The number of nitrogens with one attached hydrogen (secondary N) is 1. The normalized spacial score (nSPS) is 24.4. The van der Waals surface area contributed by atoms with Gasteiger partial charge in [-0.25, -0.2) is 0 Å². The summed E-state index contributed by atoms with van der Waals surface area (Å²) in [6, 6.07) is 7.88. The maximum atomic E-state index is 5.37. The molecule has 2 aliphatic carbocycles. The molecular formula is C19H29NO. The molecule has 1 aromatic carbocycles. The fourth-order valence-electron chi connectivity index (χ4n) is 4.14. The summed E-state index contributed by atoms with van der Waals surface area (Å²) in [6.45, 7) is 2.40. The van der Waals surface area contributed by atoms with Crippen LogP contribution >= 0.6 is 0 Å². The van der Waals surface area contributed by atoms with Crippen molar-refractivity contribution < 1.29 is 4.74 Å². The summed E-state index contributed by atoms with van der Waals surface area (Å²) in [5.41, 5.74) is 2.99. The average Bonchev–Trinajstić information content (AvgIpc) is 2.55. The smallest absolute Gasteiger partial charge is 0.119 e. The quantitative estimate of drug-likeness (QED) is 0.900. The van der Waals surface area contributed by atoms with Gasteiger partial charge in [0.05, 0.1) is 7.11 Å². The molecular weight excluding hydrogens is 258 g/mol. The van der Waals surface area contributed by atoms with Crippen LogP contribution in [0.3, 0.4) is 0 Å². The van der Waals surface area contributed by atoms with Crippen LogP contribution in [0.4, 0.5) is 0 Å². The van der Waals surface area contributed by atoms with E-state index in [2.05, 4.69) is 30.4 Å². The third-order valence-corrected chi connectivity index (χ3v) is 5.50. The Labute approximate surface area is 129 Å². The fraction of sp³-hybridized carbons (Fsp3) is 0.684. The van der Waals surface area contributed by atoms with Crippen molar-refractivity contribution >= 4 is 0 Å². The lowest BCUT2D eigenvalue weighted by molar-refractivity contribution is 0.257. The van der Waals surface area contributed by atoms with Crippen molar-refractivity contribution in [1.29, 1.82) is 0 Å². The molecule has 2 atom stereocenters. The first-order valence-electron chi connectivity index (χ1n) is 8.68. The molecule has 1 saturated carbocycles. The molecule has 0 radical (unpaired) electrons. The Morgan fingerprint density at radius 3 is 2.67 bits per heavy atom. The van der Waals surface area contributed by atoms with E-state index in [0.29, 0.717) is 12.1 Å². The van der Waals surface area contributed by atoms with Gasteiger partial charge in [-0.15, -0.1) is 0 Å². The molecule has 0 heterocycles. The van der Waals surface area contributed by atoms with Gasteiger partial charge in [-0.3, -0.25) is 0 Å². The topological polar surface area (TPSA) is 21.3 Å². The highest BCUT2D eigenvalue weighted by Crippen LogP contribution is 2.29. The second-order valence-electron chi connectivity index (χ2n) is 6.93. The average molecular weight is 287 g/mol.